The third-order valence-electron chi connectivity index (χ3n) is 5.86. The first-order valence-corrected chi connectivity index (χ1v) is 9.29. The zero-order valence-electron chi connectivity index (χ0n) is 14.7. The first-order chi connectivity index (χ1) is 12.3. The van der Waals surface area contributed by atoms with Crippen molar-refractivity contribution in [1.29, 1.82) is 0 Å². The molecule has 25 heavy (non-hydrogen) atoms. The molecule has 0 aromatic carbocycles. The van der Waals surface area contributed by atoms with Crippen LogP contribution in [0.3, 0.4) is 0 Å². The van der Waals surface area contributed by atoms with E-state index in [0.29, 0.717) is 31.5 Å². The maximum Gasteiger partial charge on any atom is 0.230 e. The van der Waals surface area contributed by atoms with E-state index in [1.807, 2.05) is 17.0 Å². The Kier molecular flexibility index (Phi) is 5.10. The van der Waals surface area contributed by atoms with Crippen LogP contribution in [0.1, 0.15) is 18.6 Å². The molecule has 0 bridgehead atoms. The monoisotopic (exact) mass is 349 g/mol. The molecule has 3 fully saturated rings. The topological polar surface area (TPSA) is 61.1 Å². The van der Waals surface area contributed by atoms with Crippen LogP contribution in [0, 0.1) is 17.3 Å². The van der Waals surface area contributed by atoms with Crippen LogP contribution < -0.4 is 0 Å². The van der Waals surface area contributed by atoms with Crippen LogP contribution in [-0.4, -0.2) is 63.5 Å². The summed E-state index contributed by atoms with van der Waals surface area (Å²) in [7, 11) is 0. The summed E-state index contributed by atoms with van der Waals surface area (Å²) in [6, 6.07) is 3.67. The van der Waals surface area contributed by atoms with Gasteiger partial charge in [0.25, 0.3) is 0 Å². The molecule has 0 N–H and O–H groups in total. The number of ether oxygens (including phenoxy) is 3. The number of nitrogens with zero attached hydrogens (tertiary/aromatic N) is 1. The molecule has 4 heterocycles. The van der Waals surface area contributed by atoms with Gasteiger partial charge in [-0.2, -0.15) is 0 Å². The van der Waals surface area contributed by atoms with Crippen LogP contribution >= 0.6 is 0 Å². The molecule has 4 rings (SSSR count). The smallest absolute Gasteiger partial charge is 0.230 e. The number of hydrogen-bond donors (Lipinski definition) is 0. The Labute approximate surface area is 148 Å². The highest BCUT2D eigenvalue weighted by Crippen LogP contribution is 2.42. The normalized spacial score (nSPS) is 29.9. The molecule has 1 aromatic rings. The van der Waals surface area contributed by atoms with Crippen LogP contribution in [0.25, 0.3) is 0 Å². The summed E-state index contributed by atoms with van der Waals surface area (Å²) >= 11 is 0. The van der Waals surface area contributed by atoms with Gasteiger partial charge in [-0.3, -0.25) is 4.79 Å². The van der Waals surface area contributed by atoms with Gasteiger partial charge < -0.3 is 23.5 Å². The summed E-state index contributed by atoms with van der Waals surface area (Å²) < 4.78 is 22.5. The lowest BCUT2D eigenvalue weighted by Crippen LogP contribution is -2.38. The summed E-state index contributed by atoms with van der Waals surface area (Å²) in [5.41, 5.74) is -0.0377. The van der Waals surface area contributed by atoms with E-state index in [9.17, 15) is 4.79 Å². The quantitative estimate of drug-likeness (QED) is 0.783. The minimum atomic E-state index is -0.0377. The Hall–Kier alpha value is -1.37. The fraction of sp³-hybridized carbons (Fsp3) is 0.737. The predicted octanol–water partition coefficient (Wildman–Crippen LogP) is 1.74. The number of hydrogen-bond acceptors (Lipinski definition) is 5. The van der Waals surface area contributed by atoms with Crippen molar-refractivity contribution in [3.8, 4) is 0 Å². The van der Waals surface area contributed by atoms with E-state index in [1.165, 1.54) is 0 Å². The number of carbonyl (C=O) groups excluding carboxylic acids is 1. The van der Waals surface area contributed by atoms with Crippen LogP contribution in [0.4, 0.5) is 0 Å². The van der Waals surface area contributed by atoms with Gasteiger partial charge in [-0.15, -0.1) is 0 Å². The number of amides is 1. The van der Waals surface area contributed by atoms with Crippen molar-refractivity contribution in [1.82, 2.24) is 4.90 Å². The van der Waals surface area contributed by atoms with E-state index < -0.39 is 0 Å². The third kappa shape index (κ3) is 3.76. The van der Waals surface area contributed by atoms with E-state index in [-0.39, 0.29) is 11.3 Å². The van der Waals surface area contributed by atoms with Crippen LogP contribution in [0.15, 0.2) is 22.8 Å². The molecule has 0 radical (unpaired) electrons. The number of fused-ring (bicyclic) bond motifs is 1. The van der Waals surface area contributed by atoms with Gasteiger partial charge in [-0.05, 0) is 30.9 Å². The maximum atomic E-state index is 12.6. The Morgan fingerprint density at radius 3 is 3.00 bits per heavy atom. The van der Waals surface area contributed by atoms with E-state index in [0.717, 1.165) is 58.1 Å². The second-order valence-corrected chi connectivity index (χ2v) is 7.68. The molecule has 0 aliphatic carbocycles. The molecule has 1 amide bonds. The maximum absolute atomic E-state index is 12.6. The van der Waals surface area contributed by atoms with Gasteiger partial charge in [-0.25, -0.2) is 0 Å². The zero-order chi connectivity index (χ0) is 17.1. The molecular weight excluding hydrogens is 322 g/mol. The van der Waals surface area contributed by atoms with Crippen LogP contribution in [0.5, 0.6) is 0 Å². The lowest BCUT2D eigenvalue weighted by molar-refractivity contribution is -0.130. The molecule has 138 valence electrons. The average Bonchev–Trinajstić information content (AvgIpc) is 3.31. The predicted molar refractivity (Wildman–Crippen MR) is 90.1 cm³/mol. The number of furan rings is 1. The van der Waals surface area contributed by atoms with Crippen molar-refractivity contribution in [3.05, 3.63) is 24.2 Å². The number of rotatable bonds is 6. The second kappa shape index (κ2) is 7.48. The highest BCUT2D eigenvalue weighted by atomic mass is 16.5. The highest BCUT2D eigenvalue weighted by molar-refractivity contribution is 5.78. The van der Waals surface area contributed by atoms with Gasteiger partial charge in [0.2, 0.25) is 5.91 Å². The summed E-state index contributed by atoms with van der Waals surface area (Å²) in [5, 5.41) is 0. The van der Waals surface area contributed by atoms with E-state index in [1.54, 1.807) is 6.26 Å². The Morgan fingerprint density at radius 1 is 1.32 bits per heavy atom. The minimum absolute atomic E-state index is 0.0377. The first-order valence-electron chi connectivity index (χ1n) is 9.29. The molecule has 1 aromatic heterocycles. The van der Waals surface area contributed by atoms with Gasteiger partial charge >= 0.3 is 0 Å². The third-order valence-corrected chi connectivity index (χ3v) is 5.86. The second-order valence-electron chi connectivity index (χ2n) is 7.68. The van der Waals surface area contributed by atoms with Crippen molar-refractivity contribution in [2.45, 2.75) is 19.3 Å². The SMILES string of the molecule is O=C(Cc1ccco1)N1C[C@@H]2COC[C@]2(COCC2CCOCC2)C1. The largest absolute Gasteiger partial charge is 0.469 e. The average molecular weight is 349 g/mol. The van der Waals surface area contributed by atoms with Gasteiger partial charge in [0.15, 0.2) is 0 Å². The number of likely N-dealkylation sites (tertiary alicyclic amines) is 1. The van der Waals surface area contributed by atoms with E-state index in [4.69, 9.17) is 18.6 Å². The molecule has 3 aliphatic rings. The summed E-state index contributed by atoms with van der Waals surface area (Å²) in [4.78, 5) is 14.5. The van der Waals surface area contributed by atoms with Crippen molar-refractivity contribution in [3.63, 3.8) is 0 Å². The Morgan fingerprint density at radius 2 is 2.20 bits per heavy atom. The highest BCUT2D eigenvalue weighted by Gasteiger charge is 2.52. The van der Waals surface area contributed by atoms with Gasteiger partial charge in [0, 0.05) is 44.2 Å². The first kappa shape index (κ1) is 17.1. The zero-order valence-corrected chi connectivity index (χ0v) is 14.7. The summed E-state index contributed by atoms with van der Waals surface area (Å²) in [6.45, 7) is 6.07. The lowest BCUT2D eigenvalue weighted by Gasteiger charge is -2.29. The van der Waals surface area contributed by atoms with Crippen molar-refractivity contribution >= 4 is 5.91 Å². The van der Waals surface area contributed by atoms with Crippen molar-refractivity contribution in [2.75, 3.05) is 52.7 Å². The Bertz CT molecular complexity index is 568. The fourth-order valence-corrected chi connectivity index (χ4v) is 4.24. The molecule has 2 atom stereocenters. The molecule has 3 aliphatic heterocycles. The van der Waals surface area contributed by atoms with Crippen molar-refractivity contribution < 1.29 is 23.4 Å². The van der Waals surface area contributed by atoms with Crippen LogP contribution in [-0.2, 0) is 25.4 Å². The van der Waals surface area contributed by atoms with E-state index in [2.05, 4.69) is 0 Å². The van der Waals surface area contributed by atoms with Crippen molar-refractivity contribution in [2.24, 2.45) is 17.3 Å². The molecule has 6 nitrogen and oxygen atoms in total. The number of carbonyl (C=O) groups is 1. The summed E-state index contributed by atoms with van der Waals surface area (Å²) in [5.74, 6) is 1.84. The lowest BCUT2D eigenvalue weighted by atomic mass is 9.82. The van der Waals surface area contributed by atoms with Gasteiger partial charge in [0.05, 0.1) is 32.5 Å². The molecule has 3 saturated heterocycles. The molecule has 0 spiro atoms. The fourth-order valence-electron chi connectivity index (χ4n) is 4.24. The van der Waals surface area contributed by atoms with Crippen LogP contribution in [0.2, 0.25) is 0 Å². The molecule has 0 unspecified atom stereocenters. The molecule has 6 heteroatoms. The Balaban J connectivity index is 1.31. The van der Waals surface area contributed by atoms with Gasteiger partial charge in [0.1, 0.15) is 5.76 Å². The molecule has 0 saturated carbocycles. The van der Waals surface area contributed by atoms with Gasteiger partial charge in [-0.1, -0.05) is 0 Å². The summed E-state index contributed by atoms with van der Waals surface area (Å²) in [6.07, 6.45) is 4.11. The molecular formula is C19H27NO5. The van der Waals surface area contributed by atoms with E-state index >= 15 is 0 Å². The minimum Gasteiger partial charge on any atom is -0.469 e. The standard InChI is InChI=1S/C19H27NO5/c21-18(8-17-2-1-5-25-17)20-9-16-11-24-14-19(16,12-20)13-23-10-15-3-6-22-7-4-15/h1-2,5,15-16H,3-4,6-14H2/t16-,19-/m1/s1.